The summed E-state index contributed by atoms with van der Waals surface area (Å²) in [6, 6.07) is 8.16. The number of aromatic nitrogens is 2. The third-order valence-corrected chi connectivity index (χ3v) is 8.92. The monoisotopic (exact) mass is 432 g/mol. The lowest BCUT2D eigenvalue weighted by atomic mass is 10.2. The number of fused-ring (bicyclic) bond motifs is 1. The highest BCUT2D eigenvalue weighted by molar-refractivity contribution is 8.15. The Labute approximate surface area is 173 Å². The number of nitriles is 1. The predicted octanol–water partition coefficient (Wildman–Crippen LogP) is 3.40. The van der Waals surface area contributed by atoms with Gasteiger partial charge in [0.2, 0.25) is 12.3 Å². The van der Waals surface area contributed by atoms with Gasteiger partial charge in [-0.1, -0.05) is 13.8 Å². The summed E-state index contributed by atoms with van der Waals surface area (Å²) in [4.78, 5) is 15.2. The topological polar surface area (TPSA) is 110 Å². The number of aliphatic imine (C=N–C) groups is 1. The molecular weight excluding hydrogens is 411 g/mol. The van der Waals surface area contributed by atoms with Crippen LogP contribution in [-0.2, 0) is 22.9 Å². The van der Waals surface area contributed by atoms with Crippen molar-refractivity contribution < 1.29 is 9.45 Å². The van der Waals surface area contributed by atoms with Gasteiger partial charge in [-0.15, -0.1) is 0 Å². The van der Waals surface area contributed by atoms with Crippen LogP contribution >= 0.6 is 6.42 Å². The number of benzene rings is 1. The van der Waals surface area contributed by atoms with Crippen molar-refractivity contribution in [3.63, 3.8) is 0 Å². The molecule has 0 N–H and O–H groups in total. The molecule has 0 amide bonds. The van der Waals surface area contributed by atoms with Gasteiger partial charge in [0.25, 0.3) is 5.69 Å². The largest absolute Gasteiger partial charge is 0.431 e. The fraction of sp³-hybridized carbons (Fsp3) is 0.389. The van der Waals surface area contributed by atoms with E-state index in [1.807, 2.05) is 20.8 Å². The number of hydrogen-bond acceptors (Lipinski definition) is 7. The van der Waals surface area contributed by atoms with E-state index in [4.69, 9.17) is 21.6 Å². The second-order valence-electron chi connectivity index (χ2n) is 6.36. The molecule has 0 fully saturated rings. The second kappa shape index (κ2) is 8.41. The molecule has 1 aliphatic rings. The quantitative estimate of drug-likeness (QED) is 0.375. The van der Waals surface area contributed by atoms with Gasteiger partial charge in [-0.25, -0.2) is 9.35 Å². The molecule has 152 valence electrons. The average Bonchev–Trinajstić information content (AvgIpc) is 3.03. The van der Waals surface area contributed by atoms with E-state index in [2.05, 4.69) is 20.8 Å². The molecule has 3 rings (SSSR count). The van der Waals surface area contributed by atoms with Crippen LogP contribution in [0.25, 0.3) is 0 Å². The van der Waals surface area contributed by atoms with Gasteiger partial charge < -0.3 is 4.52 Å². The van der Waals surface area contributed by atoms with E-state index in [0.29, 0.717) is 43.3 Å². The molecule has 9 nitrogen and oxygen atoms in total. The number of hydrogen-bond donors (Lipinski definition) is 0. The van der Waals surface area contributed by atoms with Crippen molar-refractivity contribution in [1.82, 2.24) is 14.5 Å². The van der Waals surface area contributed by atoms with Gasteiger partial charge in [-0.2, -0.15) is 15.4 Å². The van der Waals surface area contributed by atoms with E-state index in [1.165, 1.54) is 12.1 Å². The van der Waals surface area contributed by atoms with Crippen LogP contribution in [0.4, 0.5) is 11.5 Å². The van der Waals surface area contributed by atoms with E-state index >= 15 is 0 Å². The third-order valence-electron chi connectivity index (χ3n) is 4.63. The number of nitrogens with zero attached hydrogens (tertiary/aromatic N) is 6. The van der Waals surface area contributed by atoms with Gasteiger partial charge in [0.1, 0.15) is 5.30 Å². The van der Waals surface area contributed by atoms with Gasteiger partial charge in [-0.05, 0) is 30.9 Å². The van der Waals surface area contributed by atoms with E-state index in [-0.39, 0.29) is 5.69 Å². The molecule has 1 atom stereocenters. The van der Waals surface area contributed by atoms with Crippen LogP contribution in [0.5, 0.6) is 0 Å². The SMILES string of the molecule is CCN(CC)[P@]1(=S)OC(c2ccc([N+](=O)[O-])cc2)=Nc2c1c(C)nn2CCC#N. The Kier molecular flexibility index (Phi) is 6.13. The molecule has 29 heavy (non-hydrogen) atoms. The Morgan fingerprint density at radius 2 is 2.00 bits per heavy atom. The molecule has 0 bridgehead atoms. The lowest BCUT2D eigenvalue weighted by Crippen LogP contribution is -2.32. The first-order valence-electron chi connectivity index (χ1n) is 9.19. The Bertz CT molecular complexity index is 1050. The van der Waals surface area contributed by atoms with Crippen molar-refractivity contribution >= 4 is 40.9 Å². The van der Waals surface area contributed by atoms with E-state index < -0.39 is 11.3 Å². The smallest absolute Gasteiger partial charge is 0.269 e. The summed E-state index contributed by atoms with van der Waals surface area (Å²) >= 11 is 6.09. The highest BCUT2D eigenvalue weighted by Gasteiger charge is 2.40. The summed E-state index contributed by atoms with van der Waals surface area (Å²) < 4.78 is 10.1. The lowest BCUT2D eigenvalue weighted by Gasteiger charge is -2.35. The van der Waals surface area contributed by atoms with Crippen LogP contribution in [0.1, 0.15) is 31.5 Å². The highest BCUT2D eigenvalue weighted by atomic mass is 32.4. The number of non-ortho nitro benzene ring substituents is 1. The Morgan fingerprint density at radius 1 is 1.34 bits per heavy atom. The lowest BCUT2D eigenvalue weighted by molar-refractivity contribution is -0.384. The molecular formula is C18H21N6O3PS. The standard InChI is InChI=1S/C18H21N6O3PS/c1-4-22(5-2)28(29)16-13(3)21-23(12-6-11-19)17(16)20-18(27-28)14-7-9-15(10-8-14)24(25)26/h7-10H,4-6,12H2,1-3H3/t28-/m0/s1. The summed E-state index contributed by atoms with van der Waals surface area (Å²) in [5.74, 6) is 0.924. The molecule has 2 aromatic rings. The normalized spacial score (nSPS) is 18.0. The molecule has 0 radical (unpaired) electrons. The zero-order valence-electron chi connectivity index (χ0n) is 16.4. The van der Waals surface area contributed by atoms with Crippen LogP contribution in [-0.4, -0.2) is 38.4 Å². The maximum Gasteiger partial charge on any atom is 0.269 e. The van der Waals surface area contributed by atoms with Gasteiger partial charge in [0.15, 0.2) is 5.82 Å². The average molecular weight is 432 g/mol. The fourth-order valence-electron chi connectivity index (χ4n) is 3.23. The van der Waals surface area contributed by atoms with Crippen molar-refractivity contribution in [1.29, 1.82) is 5.26 Å². The van der Waals surface area contributed by atoms with Crippen LogP contribution in [0.2, 0.25) is 0 Å². The van der Waals surface area contributed by atoms with E-state index in [0.717, 1.165) is 11.0 Å². The molecule has 1 aliphatic heterocycles. The van der Waals surface area contributed by atoms with E-state index in [9.17, 15) is 10.1 Å². The van der Waals surface area contributed by atoms with Gasteiger partial charge >= 0.3 is 0 Å². The van der Waals surface area contributed by atoms with Crippen molar-refractivity contribution in [3.05, 3.63) is 45.6 Å². The summed E-state index contributed by atoms with van der Waals surface area (Å²) in [7, 11) is 0. The Hall–Kier alpha value is -2.60. The summed E-state index contributed by atoms with van der Waals surface area (Å²) in [6.07, 6.45) is -2.38. The van der Waals surface area contributed by atoms with Crippen LogP contribution in [0.15, 0.2) is 29.3 Å². The number of nitro groups is 1. The maximum atomic E-state index is 11.0. The van der Waals surface area contributed by atoms with Crippen molar-refractivity contribution in [2.24, 2.45) is 4.99 Å². The second-order valence-corrected chi connectivity index (χ2v) is 10.1. The van der Waals surface area contributed by atoms with Crippen molar-refractivity contribution in [3.8, 4) is 6.07 Å². The molecule has 1 aromatic carbocycles. The van der Waals surface area contributed by atoms with Gasteiger partial charge in [0.05, 0.1) is 29.7 Å². The van der Waals surface area contributed by atoms with Crippen molar-refractivity contribution in [2.75, 3.05) is 13.1 Å². The molecule has 0 spiro atoms. The van der Waals surface area contributed by atoms with Crippen LogP contribution in [0.3, 0.4) is 0 Å². The maximum absolute atomic E-state index is 11.0. The van der Waals surface area contributed by atoms with Gasteiger partial charge in [0, 0.05) is 30.8 Å². The summed E-state index contributed by atoms with van der Waals surface area (Å²) in [5, 5.41) is 25.3. The minimum Gasteiger partial charge on any atom is -0.431 e. The minimum absolute atomic E-state index is 0.0102. The van der Waals surface area contributed by atoms with Crippen LogP contribution in [0, 0.1) is 28.4 Å². The van der Waals surface area contributed by atoms with Gasteiger partial charge in [-0.3, -0.25) is 10.1 Å². The first-order chi connectivity index (χ1) is 13.8. The molecule has 1 aromatic heterocycles. The minimum atomic E-state index is -2.68. The van der Waals surface area contributed by atoms with Crippen molar-refractivity contribution in [2.45, 2.75) is 33.7 Å². The molecule has 0 unspecified atom stereocenters. The number of aryl methyl sites for hydroxylation is 2. The molecule has 0 aliphatic carbocycles. The molecule has 0 saturated carbocycles. The molecule has 11 heteroatoms. The Morgan fingerprint density at radius 3 is 2.55 bits per heavy atom. The molecule has 2 heterocycles. The van der Waals surface area contributed by atoms with E-state index in [1.54, 1.807) is 16.8 Å². The number of rotatable bonds is 7. The fourth-order valence-corrected chi connectivity index (χ4v) is 7.26. The predicted molar refractivity (Wildman–Crippen MR) is 114 cm³/mol. The summed E-state index contributed by atoms with van der Waals surface area (Å²) in [6.45, 7) is 7.72. The Balaban J connectivity index is 2.18. The first kappa shape index (κ1) is 21.1. The number of nitro benzene ring substituents is 1. The zero-order chi connectivity index (χ0) is 21.2. The summed E-state index contributed by atoms with van der Waals surface area (Å²) in [5.41, 5.74) is 1.34. The van der Waals surface area contributed by atoms with Crippen LogP contribution < -0.4 is 5.30 Å². The highest BCUT2D eigenvalue weighted by Crippen LogP contribution is 2.55. The third kappa shape index (κ3) is 3.81. The zero-order valence-corrected chi connectivity index (χ0v) is 18.1. The molecule has 0 saturated heterocycles. The first-order valence-corrected chi connectivity index (χ1v) is 11.9.